The number of hydrogen-bond donors (Lipinski definition) is 1. The summed E-state index contributed by atoms with van der Waals surface area (Å²) >= 11 is 5.81. The highest BCUT2D eigenvalue weighted by Gasteiger charge is 2.14. The van der Waals surface area contributed by atoms with E-state index in [1.807, 2.05) is 0 Å². The van der Waals surface area contributed by atoms with E-state index < -0.39 is 11.9 Å². The topological polar surface area (TPSA) is 77.1 Å². The maximum absolute atomic E-state index is 13.6. The molecule has 1 amide bonds. The molecule has 0 bridgehead atoms. The van der Waals surface area contributed by atoms with Gasteiger partial charge < -0.3 is 0 Å². The Morgan fingerprint density at radius 1 is 1.55 bits per heavy atom. The van der Waals surface area contributed by atoms with Gasteiger partial charge in [-0.1, -0.05) is 11.6 Å². The molecule has 0 aliphatic heterocycles. The minimum absolute atomic E-state index is 0.175. The van der Waals surface area contributed by atoms with Gasteiger partial charge in [0.25, 0.3) is 5.91 Å². The Hall–Kier alpha value is -2.22. The number of nitrogens with zero attached hydrogens (tertiary/aromatic N) is 5. The van der Waals surface area contributed by atoms with Crippen molar-refractivity contribution in [2.24, 2.45) is 12.1 Å². The van der Waals surface area contributed by atoms with Crippen LogP contribution < -0.4 is 5.43 Å². The predicted molar refractivity (Wildman–Crippen MR) is 71.1 cm³/mol. The molecule has 0 saturated carbocycles. The van der Waals surface area contributed by atoms with Crippen molar-refractivity contribution in [2.75, 3.05) is 0 Å². The lowest BCUT2D eigenvalue weighted by molar-refractivity contribution is 0.0946. The molecule has 1 N–H and O–H groups in total. The number of rotatable bonds is 4. The van der Waals surface area contributed by atoms with Crippen molar-refractivity contribution >= 4 is 23.7 Å². The molecule has 0 unspecified atom stereocenters. The predicted octanol–water partition coefficient (Wildman–Crippen LogP) is 1.19. The number of hydrogen-bond acceptors (Lipinski definition) is 4. The maximum atomic E-state index is 13.6. The van der Waals surface area contributed by atoms with E-state index >= 15 is 0 Å². The first-order chi connectivity index (χ1) is 9.54. The van der Waals surface area contributed by atoms with Crippen LogP contribution in [0.5, 0.6) is 0 Å². The van der Waals surface area contributed by atoms with Crippen molar-refractivity contribution in [1.82, 2.24) is 25.0 Å². The van der Waals surface area contributed by atoms with E-state index in [2.05, 4.69) is 20.7 Å². The number of hydrazone groups is 1. The zero-order valence-corrected chi connectivity index (χ0v) is 11.6. The monoisotopic (exact) mass is 298 g/mol. The quantitative estimate of drug-likeness (QED) is 0.680. The van der Waals surface area contributed by atoms with Crippen molar-refractivity contribution in [3.8, 4) is 0 Å². The third kappa shape index (κ3) is 2.69. The molecule has 20 heavy (non-hydrogen) atoms. The van der Waals surface area contributed by atoms with E-state index in [0.717, 1.165) is 0 Å². The fraction of sp³-hybridized carbons (Fsp3) is 0.273. The van der Waals surface area contributed by atoms with Gasteiger partial charge in [0.2, 0.25) is 5.95 Å². The summed E-state index contributed by atoms with van der Waals surface area (Å²) in [5.74, 6) is -1.04. The lowest BCUT2D eigenvalue weighted by Gasteiger charge is -2.00. The van der Waals surface area contributed by atoms with Crippen LogP contribution in [0.15, 0.2) is 17.5 Å². The third-order valence-corrected chi connectivity index (χ3v) is 2.86. The molecule has 0 aliphatic rings. The summed E-state index contributed by atoms with van der Waals surface area (Å²) in [6.07, 6.45) is 3.85. The molecule has 9 heteroatoms. The first kappa shape index (κ1) is 14.2. The van der Waals surface area contributed by atoms with Gasteiger partial charge in [0.15, 0.2) is 0 Å². The highest BCUT2D eigenvalue weighted by atomic mass is 35.5. The van der Waals surface area contributed by atoms with Crippen LogP contribution in [-0.4, -0.2) is 31.7 Å². The van der Waals surface area contributed by atoms with Crippen LogP contribution in [0.4, 0.5) is 4.39 Å². The van der Waals surface area contributed by atoms with E-state index in [-0.39, 0.29) is 16.3 Å². The second kappa shape index (κ2) is 5.83. The Kier molecular flexibility index (Phi) is 4.14. The molecule has 2 aromatic rings. The van der Waals surface area contributed by atoms with E-state index in [1.165, 1.54) is 28.0 Å². The van der Waals surface area contributed by atoms with Gasteiger partial charge >= 0.3 is 0 Å². The lowest BCUT2D eigenvalue weighted by Crippen LogP contribution is -2.21. The molecule has 2 aromatic heterocycles. The summed E-state index contributed by atoms with van der Waals surface area (Å²) in [7, 11) is 1.58. The van der Waals surface area contributed by atoms with E-state index in [1.54, 1.807) is 14.0 Å². The van der Waals surface area contributed by atoms with Crippen molar-refractivity contribution in [2.45, 2.75) is 13.5 Å². The summed E-state index contributed by atoms with van der Waals surface area (Å²) in [6, 6.07) is 0. The summed E-state index contributed by atoms with van der Waals surface area (Å²) < 4.78 is 16.1. The van der Waals surface area contributed by atoms with Gasteiger partial charge in [-0.05, 0) is 6.92 Å². The highest BCUT2D eigenvalue weighted by molar-refractivity contribution is 6.33. The minimum atomic E-state index is -0.533. The van der Waals surface area contributed by atoms with Gasteiger partial charge in [0.05, 0.1) is 29.2 Å². The summed E-state index contributed by atoms with van der Waals surface area (Å²) in [5.41, 5.74) is 2.61. The van der Waals surface area contributed by atoms with Crippen molar-refractivity contribution in [1.29, 1.82) is 0 Å². The van der Waals surface area contributed by atoms with Gasteiger partial charge in [-0.3, -0.25) is 9.48 Å². The van der Waals surface area contributed by atoms with Crippen LogP contribution in [0, 0.1) is 5.95 Å². The Morgan fingerprint density at radius 2 is 2.30 bits per heavy atom. The zero-order chi connectivity index (χ0) is 14.7. The van der Waals surface area contributed by atoms with Crippen LogP contribution in [-0.2, 0) is 13.6 Å². The molecule has 106 valence electrons. The Labute approximate surface area is 119 Å². The van der Waals surface area contributed by atoms with Gasteiger partial charge in [-0.2, -0.15) is 19.7 Å². The standard InChI is InChI=1S/C11H12ClFN6O/c1-3-19-10(13)7(5-16-19)4-14-17-11(20)9-8(12)6-15-18(9)2/h4-6H,3H2,1-2H3,(H,17,20). The highest BCUT2D eigenvalue weighted by Crippen LogP contribution is 2.13. The Morgan fingerprint density at radius 3 is 2.85 bits per heavy atom. The van der Waals surface area contributed by atoms with Crippen LogP contribution in [0.2, 0.25) is 5.02 Å². The molecule has 0 aliphatic carbocycles. The molecular weight excluding hydrogens is 287 g/mol. The van der Waals surface area contributed by atoms with Crippen LogP contribution in [0.3, 0.4) is 0 Å². The van der Waals surface area contributed by atoms with Gasteiger partial charge in [0, 0.05) is 13.6 Å². The fourth-order valence-electron chi connectivity index (χ4n) is 1.57. The summed E-state index contributed by atoms with van der Waals surface area (Å²) in [6.45, 7) is 2.18. The molecule has 2 heterocycles. The number of halogens is 2. The first-order valence-electron chi connectivity index (χ1n) is 5.76. The second-order valence-electron chi connectivity index (χ2n) is 3.87. The van der Waals surface area contributed by atoms with E-state index in [0.29, 0.717) is 6.54 Å². The normalized spacial score (nSPS) is 11.2. The number of aromatic nitrogens is 4. The number of aryl methyl sites for hydroxylation is 2. The Balaban J connectivity index is 2.07. The number of nitrogens with one attached hydrogen (secondary N) is 1. The van der Waals surface area contributed by atoms with Crippen LogP contribution in [0.1, 0.15) is 23.0 Å². The molecule has 0 radical (unpaired) electrons. The van der Waals surface area contributed by atoms with Crippen LogP contribution >= 0.6 is 11.6 Å². The zero-order valence-electron chi connectivity index (χ0n) is 10.8. The van der Waals surface area contributed by atoms with Gasteiger partial charge in [-0.15, -0.1) is 0 Å². The van der Waals surface area contributed by atoms with Crippen molar-refractivity contribution < 1.29 is 9.18 Å². The van der Waals surface area contributed by atoms with Crippen LogP contribution in [0.25, 0.3) is 0 Å². The molecule has 0 atom stereocenters. The smallest absolute Gasteiger partial charge is 0.266 e. The average molecular weight is 299 g/mol. The first-order valence-corrected chi connectivity index (χ1v) is 6.14. The minimum Gasteiger partial charge on any atom is -0.266 e. The largest absolute Gasteiger partial charge is 0.291 e. The van der Waals surface area contributed by atoms with Crippen molar-refractivity contribution in [3.63, 3.8) is 0 Å². The third-order valence-electron chi connectivity index (χ3n) is 2.58. The molecular formula is C11H12ClFN6O. The molecule has 0 aromatic carbocycles. The SMILES string of the molecule is CCn1ncc(C=NNC(=O)c2c(Cl)cnn2C)c1F. The molecule has 2 rings (SSSR count). The number of carbonyl (C=O) groups excluding carboxylic acids is 1. The van der Waals surface area contributed by atoms with Gasteiger partial charge in [0.1, 0.15) is 5.69 Å². The second-order valence-corrected chi connectivity index (χ2v) is 4.28. The Bertz CT molecular complexity index is 642. The average Bonchev–Trinajstić information content (AvgIpc) is 2.93. The number of carbonyl (C=O) groups is 1. The maximum Gasteiger partial charge on any atom is 0.291 e. The summed E-state index contributed by atoms with van der Waals surface area (Å²) in [5, 5.41) is 11.5. The molecule has 0 fully saturated rings. The van der Waals surface area contributed by atoms with Crippen molar-refractivity contribution in [3.05, 3.63) is 34.6 Å². The fourth-order valence-corrected chi connectivity index (χ4v) is 1.82. The summed E-state index contributed by atoms with van der Waals surface area (Å²) in [4.78, 5) is 11.8. The van der Waals surface area contributed by atoms with Gasteiger partial charge in [-0.25, -0.2) is 10.1 Å². The number of amides is 1. The molecule has 7 nitrogen and oxygen atoms in total. The lowest BCUT2D eigenvalue weighted by atomic mass is 10.4. The van der Waals surface area contributed by atoms with E-state index in [9.17, 15) is 9.18 Å². The molecule has 0 spiro atoms. The molecule has 0 saturated heterocycles. The van der Waals surface area contributed by atoms with E-state index in [4.69, 9.17) is 11.6 Å².